The van der Waals surface area contributed by atoms with Crippen molar-refractivity contribution in [1.82, 2.24) is 5.32 Å². The van der Waals surface area contributed by atoms with Crippen molar-refractivity contribution in [3.05, 3.63) is 89.5 Å². The lowest BCUT2D eigenvalue weighted by Gasteiger charge is -2.24. The number of anilines is 2. The Hall–Kier alpha value is -4.58. The van der Waals surface area contributed by atoms with E-state index in [1.807, 2.05) is 24.3 Å². The molecule has 0 fully saturated rings. The molecule has 0 aliphatic heterocycles. The van der Waals surface area contributed by atoms with Crippen LogP contribution in [0.25, 0.3) is 0 Å². The summed E-state index contributed by atoms with van der Waals surface area (Å²) in [7, 11) is -3.44. The van der Waals surface area contributed by atoms with E-state index in [9.17, 15) is 18.0 Å². The predicted octanol–water partition coefficient (Wildman–Crippen LogP) is 2.84. The number of urea groups is 1. The Labute approximate surface area is 227 Å². The molecule has 39 heavy (non-hydrogen) atoms. The Morgan fingerprint density at radius 2 is 1.67 bits per heavy atom. The number of nitrogens with one attached hydrogen (secondary N) is 2. The fraction of sp³-hybridized carbons (Fsp3) is 0.222. The SMILES string of the molecule is CCCCc1ccc(N(Cc2ccc(C(=O)NC(=[NH2+])N=NN)cc2)C(=O)Nc2cccc(S(C)(=O)=O)c2)cc1. The lowest BCUT2D eigenvalue weighted by atomic mass is 10.1. The van der Waals surface area contributed by atoms with Crippen LogP contribution in [0.3, 0.4) is 0 Å². The second-order valence-corrected chi connectivity index (χ2v) is 10.9. The number of guanidine groups is 1. The minimum atomic E-state index is -3.44. The van der Waals surface area contributed by atoms with Crippen LogP contribution in [0.2, 0.25) is 0 Å². The van der Waals surface area contributed by atoms with Crippen LogP contribution in [0.4, 0.5) is 16.2 Å². The van der Waals surface area contributed by atoms with Gasteiger partial charge in [-0.05, 0) is 66.4 Å². The summed E-state index contributed by atoms with van der Waals surface area (Å²) in [4.78, 5) is 27.4. The van der Waals surface area contributed by atoms with E-state index < -0.39 is 21.8 Å². The second kappa shape index (κ2) is 13.3. The van der Waals surface area contributed by atoms with Gasteiger partial charge in [0.2, 0.25) is 0 Å². The first-order valence-corrected chi connectivity index (χ1v) is 14.1. The van der Waals surface area contributed by atoms with Gasteiger partial charge in [0.15, 0.2) is 9.84 Å². The molecule has 0 spiro atoms. The maximum Gasteiger partial charge on any atom is 0.414 e. The van der Waals surface area contributed by atoms with Crippen molar-refractivity contribution in [3.63, 3.8) is 0 Å². The highest BCUT2D eigenvalue weighted by atomic mass is 32.2. The third-order valence-electron chi connectivity index (χ3n) is 5.79. The second-order valence-electron chi connectivity index (χ2n) is 8.84. The fourth-order valence-electron chi connectivity index (χ4n) is 3.72. The molecule has 3 rings (SSSR count). The number of hydrogen-bond donors (Lipinski definition) is 4. The Morgan fingerprint density at radius 3 is 2.28 bits per heavy atom. The van der Waals surface area contributed by atoms with Crippen LogP contribution in [0.1, 0.15) is 41.3 Å². The molecule has 0 saturated carbocycles. The lowest BCUT2D eigenvalue weighted by Crippen LogP contribution is -2.49. The van der Waals surface area contributed by atoms with Gasteiger partial charge in [-0.2, -0.15) is 0 Å². The van der Waals surface area contributed by atoms with Crippen molar-refractivity contribution in [2.45, 2.75) is 37.6 Å². The first kappa shape index (κ1) is 29.0. The molecule has 0 aliphatic carbocycles. The highest BCUT2D eigenvalue weighted by Crippen LogP contribution is 2.22. The number of rotatable bonds is 9. The number of nitrogens with zero attached hydrogens (tertiary/aromatic N) is 3. The van der Waals surface area contributed by atoms with E-state index in [1.54, 1.807) is 41.3 Å². The van der Waals surface area contributed by atoms with Crippen LogP contribution >= 0.6 is 0 Å². The molecule has 0 radical (unpaired) electrons. The normalized spacial score (nSPS) is 11.2. The van der Waals surface area contributed by atoms with E-state index in [-0.39, 0.29) is 17.4 Å². The number of carbonyl (C=O) groups excluding carboxylic acids is 2. The molecule has 0 aliphatic rings. The number of unbranched alkanes of at least 4 members (excludes halogenated alkanes) is 1. The van der Waals surface area contributed by atoms with Crippen LogP contribution in [-0.2, 0) is 22.8 Å². The Kier molecular flexibility index (Phi) is 9.87. The standard InChI is InChI=1S/C27H31N7O4S/c1-3-4-6-19-11-15-23(16-12-19)34(27(36)30-22-7-5-8-24(17-22)39(2,37)38)18-20-9-13-21(14-10-20)25(35)31-26(28)32-33-29/h5,7-17H,3-4,6,18H2,1-2H3,(H,30,36)(H4,28,29,31,32,35)/p+1. The highest BCUT2D eigenvalue weighted by Gasteiger charge is 2.19. The summed E-state index contributed by atoms with van der Waals surface area (Å²) in [6.07, 6.45) is 4.20. The zero-order chi connectivity index (χ0) is 28.4. The van der Waals surface area contributed by atoms with E-state index in [1.165, 1.54) is 17.7 Å². The van der Waals surface area contributed by atoms with Gasteiger partial charge in [0, 0.05) is 22.9 Å². The molecular formula is C27H32N7O4S+. The maximum atomic E-state index is 13.4. The van der Waals surface area contributed by atoms with Crippen molar-refractivity contribution in [2.75, 3.05) is 16.5 Å². The minimum absolute atomic E-state index is 0.104. The van der Waals surface area contributed by atoms with Crippen molar-refractivity contribution in [3.8, 4) is 0 Å². The van der Waals surface area contributed by atoms with E-state index in [2.05, 4.69) is 27.9 Å². The number of benzene rings is 3. The molecule has 6 N–H and O–H groups in total. The summed E-state index contributed by atoms with van der Waals surface area (Å²) < 4.78 is 23.9. The van der Waals surface area contributed by atoms with Crippen LogP contribution in [0.5, 0.6) is 0 Å². The van der Waals surface area contributed by atoms with E-state index in [0.717, 1.165) is 31.1 Å². The zero-order valence-corrected chi connectivity index (χ0v) is 22.6. The van der Waals surface area contributed by atoms with Crippen molar-refractivity contribution < 1.29 is 23.4 Å². The average Bonchev–Trinajstić information content (AvgIpc) is 2.91. The molecular weight excluding hydrogens is 518 g/mol. The van der Waals surface area contributed by atoms with E-state index in [0.29, 0.717) is 16.9 Å². The number of carbonyl (C=O) groups is 2. The molecule has 3 aromatic rings. The summed E-state index contributed by atoms with van der Waals surface area (Å²) >= 11 is 0. The van der Waals surface area contributed by atoms with Gasteiger partial charge in [0.05, 0.1) is 22.1 Å². The first-order valence-electron chi connectivity index (χ1n) is 12.2. The average molecular weight is 551 g/mol. The summed E-state index contributed by atoms with van der Waals surface area (Å²) in [6.45, 7) is 2.32. The molecule has 0 atom stereocenters. The van der Waals surface area contributed by atoms with Gasteiger partial charge in [-0.3, -0.25) is 20.9 Å². The number of aryl methyl sites for hydroxylation is 1. The smallest absolute Gasteiger partial charge is 0.307 e. The number of sulfone groups is 1. The van der Waals surface area contributed by atoms with Gasteiger partial charge in [0.1, 0.15) is 0 Å². The molecule has 0 bridgehead atoms. The van der Waals surface area contributed by atoms with Crippen molar-refractivity contribution in [1.29, 1.82) is 0 Å². The first-order chi connectivity index (χ1) is 18.6. The van der Waals surface area contributed by atoms with Gasteiger partial charge < -0.3 is 5.32 Å². The van der Waals surface area contributed by atoms with Gasteiger partial charge in [0.25, 0.3) is 0 Å². The minimum Gasteiger partial charge on any atom is -0.307 e. The molecule has 0 saturated heterocycles. The zero-order valence-electron chi connectivity index (χ0n) is 21.8. The summed E-state index contributed by atoms with van der Waals surface area (Å²) in [5, 5.41) is 17.0. The topological polar surface area (TPSA) is 172 Å². The summed E-state index contributed by atoms with van der Waals surface area (Å²) in [5.74, 6) is 4.20. The van der Waals surface area contributed by atoms with Gasteiger partial charge in [-0.25, -0.2) is 18.5 Å². The maximum absolute atomic E-state index is 13.4. The summed E-state index contributed by atoms with van der Waals surface area (Å²) in [6, 6.07) is 20.0. The largest absolute Gasteiger partial charge is 0.414 e. The molecule has 0 heterocycles. The lowest BCUT2D eigenvalue weighted by molar-refractivity contribution is -0.119. The van der Waals surface area contributed by atoms with Gasteiger partial charge in [-0.1, -0.05) is 43.7 Å². The molecule has 11 nitrogen and oxygen atoms in total. The van der Waals surface area contributed by atoms with E-state index >= 15 is 0 Å². The molecule has 0 unspecified atom stereocenters. The molecule has 0 aromatic heterocycles. The molecule has 3 amide bonds. The fourth-order valence-corrected chi connectivity index (χ4v) is 4.39. The predicted molar refractivity (Wildman–Crippen MR) is 150 cm³/mol. The third kappa shape index (κ3) is 8.47. The van der Waals surface area contributed by atoms with Crippen LogP contribution < -0.4 is 26.8 Å². The highest BCUT2D eigenvalue weighted by molar-refractivity contribution is 7.90. The van der Waals surface area contributed by atoms with Crippen LogP contribution in [0.15, 0.2) is 88.0 Å². The number of amides is 3. The van der Waals surface area contributed by atoms with Gasteiger partial charge in [-0.15, -0.1) is 0 Å². The van der Waals surface area contributed by atoms with Crippen LogP contribution in [0, 0.1) is 0 Å². The quantitative estimate of drug-likeness (QED) is 0.105. The van der Waals surface area contributed by atoms with Gasteiger partial charge >= 0.3 is 17.9 Å². The Bertz CT molecular complexity index is 1450. The Balaban J connectivity index is 1.85. The Morgan fingerprint density at radius 1 is 1.00 bits per heavy atom. The summed E-state index contributed by atoms with van der Waals surface area (Å²) in [5.41, 5.74) is 3.25. The van der Waals surface area contributed by atoms with Crippen molar-refractivity contribution >= 4 is 39.1 Å². The third-order valence-corrected chi connectivity index (χ3v) is 6.90. The number of hydrogen-bond acceptors (Lipinski definition) is 5. The van der Waals surface area contributed by atoms with Crippen LogP contribution in [-0.4, -0.2) is 32.6 Å². The molecule has 12 heteroatoms. The monoisotopic (exact) mass is 550 g/mol. The molecule has 204 valence electrons. The number of nitrogens with two attached hydrogens (primary N) is 2. The van der Waals surface area contributed by atoms with E-state index in [4.69, 9.17) is 11.3 Å². The molecule has 3 aromatic carbocycles. The van der Waals surface area contributed by atoms with Crippen molar-refractivity contribution in [2.24, 2.45) is 16.2 Å².